The summed E-state index contributed by atoms with van der Waals surface area (Å²) in [5.74, 6) is 0. The van der Waals surface area contributed by atoms with Crippen LogP contribution in [0.2, 0.25) is 10.0 Å². The Morgan fingerprint density at radius 3 is 1.96 bits per heavy atom. The molecule has 0 aliphatic carbocycles. The molecular weight excluding hydrogens is 403 g/mol. The summed E-state index contributed by atoms with van der Waals surface area (Å²) in [5, 5.41) is 6.43. The quantitative estimate of drug-likeness (QED) is 0.642. The van der Waals surface area contributed by atoms with Crippen molar-refractivity contribution in [3.8, 4) is 22.3 Å². The summed E-state index contributed by atoms with van der Waals surface area (Å²) in [6.07, 6.45) is 0. The number of hydrogen-bond acceptors (Lipinski definition) is 3. The molecule has 7 heteroatoms. The molecule has 0 amide bonds. The second kappa shape index (κ2) is 7.52. The Bertz CT molecular complexity index is 1080. The number of halogens is 2. The van der Waals surface area contributed by atoms with Gasteiger partial charge in [0.2, 0.25) is 10.0 Å². The molecule has 0 bridgehead atoms. The second-order valence-electron chi connectivity index (χ2n) is 6.27. The second-order valence-corrected chi connectivity index (χ2v) is 8.62. The fraction of sp³-hybridized carbons (Fsp3) is 0.100. The van der Waals surface area contributed by atoms with E-state index in [4.69, 9.17) is 28.3 Å². The Hall–Kier alpha value is -2.05. The summed E-state index contributed by atoms with van der Waals surface area (Å²) in [5.41, 5.74) is 3.35. The zero-order chi connectivity index (χ0) is 19.8. The molecule has 2 N–H and O–H groups in total. The van der Waals surface area contributed by atoms with Crippen LogP contribution < -0.4 is 10.0 Å². The first-order valence-corrected chi connectivity index (χ1v) is 10.4. The standard InChI is InChI=1S/C20H18Cl2N2O2S/c1-24(2)20-16(21)11-14(12-17(20)22)15-9-6-10-18(27(23,25)26)19(15)13-7-4-3-5-8-13/h3-12H,1-2H3,(H2,23,25,26). The SMILES string of the molecule is CN(C)c1c(Cl)cc(-c2cccc(S(N)(=O)=O)c2-c2ccccc2)cc1Cl. The third-order valence-corrected chi connectivity index (χ3v) is 5.70. The van der Waals surface area contributed by atoms with Crippen LogP contribution in [0.3, 0.4) is 0 Å². The Labute approximate surface area is 169 Å². The van der Waals surface area contributed by atoms with Gasteiger partial charge in [0.15, 0.2) is 0 Å². The average molecular weight is 421 g/mol. The predicted molar refractivity (Wildman–Crippen MR) is 113 cm³/mol. The van der Waals surface area contributed by atoms with Crippen LogP contribution in [-0.2, 0) is 10.0 Å². The topological polar surface area (TPSA) is 63.4 Å². The highest BCUT2D eigenvalue weighted by molar-refractivity contribution is 7.89. The highest BCUT2D eigenvalue weighted by Gasteiger charge is 2.21. The first kappa shape index (κ1) is 19.7. The van der Waals surface area contributed by atoms with E-state index in [0.717, 1.165) is 5.56 Å². The normalized spacial score (nSPS) is 11.4. The maximum absolute atomic E-state index is 12.2. The van der Waals surface area contributed by atoms with Gasteiger partial charge in [-0.2, -0.15) is 0 Å². The Balaban J connectivity index is 2.35. The molecule has 0 unspecified atom stereocenters. The van der Waals surface area contributed by atoms with Gasteiger partial charge in [0.1, 0.15) is 0 Å². The largest absolute Gasteiger partial charge is 0.375 e. The lowest BCUT2D eigenvalue weighted by molar-refractivity contribution is 0.598. The van der Waals surface area contributed by atoms with Crippen molar-refractivity contribution >= 4 is 38.9 Å². The zero-order valence-electron chi connectivity index (χ0n) is 14.8. The van der Waals surface area contributed by atoms with Gasteiger partial charge in [-0.05, 0) is 34.9 Å². The molecule has 0 saturated carbocycles. The molecule has 3 aromatic rings. The van der Waals surface area contributed by atoms with Gasteiger partial charge >= 0.3 is 0 Å². The lowest BCUT2D eigenvalue weighted by atomic mass is 9.94. The molecule has 3 aromatic carbocycles. The molecule has 140 valence electrons. The molecule has 0 aromatic heterocycles. The first-order valence-electron chi connectivity index (χ1n) is 8.08. The minimum Gasteiger partial charge on any atom is -0.375 e. The maximum Gasteiger partial charge on any atom is 0.238 e. The van der Waals surface area contributed by atoms with Crippen molar-refractivity contribution in [1.29, 1.82) is 0 Å². The minimum absolute atomic E-state index is 0.0510. The Morgan fingerprint density at radius 2 is 1.44 bits per heavy atom. The van der Waals surface area contributed by atoms with Crippen LogP contribution in [0, 0.1) is 0 Å². The Morgan fingerprint density at radius 1 is 0.852 bits per heavy atom. The molecule has 0 radical (unpaired) electrons. The lowest BCUT2D eigenvalue weighted by Crippen LogP contribution is -2.14. The highest BCUT2D eigenvalue weighted by atomic mass is 35.5. The number of hydrogen-bond donors (Lipinski definition) is 1. The van der Waals surface area contributed by atoms with Gasteiger partial charge < -0.3 is 4.90 Å². The predicted octanol–water partition coefficient (Wildman–Crippen LogP) is 5.04. The third kappa shape index (κ3) is 3.96. The average Bonchev–Trinajstić information content (AvgIpc) is 2.60. The van der Waals surface area contributed by atoms with E-state index < -0.39 is 10.0 Å². The highest BCUT2D eigenvalue weighted by Crippen LogP contribution is 2.42. The molecule has 4 nitrogen and oxygen atoms in total. The molecule has 0 atom stereocenters. The summed E-state index contributed by atoms with van der Waals surface area (Å²) in [6.45, 7) is 0. The van der Waals surface area contributed by atoms with Gasteiger partial charge in [-0.1, -0.05) is 65.7 Å². The fourth-order valence-corrected chi connectivity index (χ4v) is 4.67. The fourth-order valence-electron chi connectivity index (χ4n) is 3.06. The van der Waals surface area contributed by atoms with Gasteiger partial charge in [-0.15, -0.1) is 0 Å². The van der Waals surface area contributed by atoms with E-state index in [9.17, 15) is 8.42 Å². The Kier molecular flexibility index (Phi) is 5.49. The van der Waals surface area contributed by atoms with Gasteiger partial charge in [-0.3, -0.25) is 0 Å². The number of benzene rings is 3. The van der Waals surface area contributed by atoms with Crippen molar-refractivity contribution in [2.24, 2.45) is 5.14 Å². The lowest BCUT2D eigenvalue weighted by Gasteiger charge is -2.19. The van der Waals surface area contributed by atoms with Gasteiger partial charge in [-0.25, -0.2) is 13.6 Å². The van der Waals surface area contributed by atoms with Crippen LogP contribution in [0.25, 0.3) is 22.3 Å². The summed E-state index contributed by atoms with van der Waals surface area (Å²) in [6, 6.07) is 17.8. The number of sulfonamides is 1. The van der Waals surface area contributed by atoms with Crippen molar-refractivity contribution in [2.45, 2.75) is 4.90 Å². The van der Waals surface area contributed by atoms with Crippen molar-refractivity contribution in [3.05, 3.63) is 70.7 Å². The van der Waals surface area contributed by atoms with Crippen molar-refractivity contribution in [1.82, 2.24) is 0 Å². The van der Waals surface area contributed by atoms with E-state index in [1.54, 1.807) is 18.2 Å². The van der Waals surface area contributed by atoms with Crippen LogP contribution in [0.15, 0.2) is 65.6 Å². The molecular formula is C20H18Cl2N2O2S. The monoisotopic (exact) mass is 420 g/mol. The number of nitrogens with zero attached hydrogens (tertiary/aromatic N) is 1. The number of primary sulfonamides is 1. The van der Waals surface area contributed by atoms with E-state index in [1.165, 1.54) is 6.07 Å². The first-order chi connectivity index (χ1) is 12.7. The van der Waals surface area contributed by atoms with Crippen LogP contribution in [0.5, 0.6) is 0 Å². The molecule has 0 aliphatic heterocycles. The van der Waals surface area contributed by atoms with E-state index in [0.29, 0.717) is 32.4 Å². The summed E-state index contributed by atoms with van der Waals surface area (Å²) >= 11 is 12.9. The summed E-state index contributed by atoms with van der Waals surface area (Å²) in [7, 11) is -0.226. The third-order valence-electron chi connectivity index (χ3n) is 4.17. The van der Waals surface area contributed by atoms with Crippen LogP contribution in [-0.4, -0.2) is 22.5 Å². The summed E-state index contributed by atoms with van der Waals surface area (Å²) in [4.78, 5) is 1.88. The van der Waals surface area contributed by atoms with Crippen LogP contribution in [0.1, 0.15) is 0 Å². The van der Waals surface area contributed by atoms with E-state index in [-0.39, 0.29) is 4.90 Å². The van der Waals surface area contributed by atoms with Crippen LogP contribution in [0.4, 0.5) is 5.69 Å². The van der Waals surface area contributed by atoms with Gasteiger partial charge in [0.05, 0.1) is 20.6 Å². The van der Waals surface area contributed by atoms with E-state index >= 15 is 0 Å². The van der Waals surface area contributed by atoms with Gasteiger partial charge in [0, 0.05) is 19.7 Å². The van der Waals surface area contributed by atoms with E-state index in [2.05, 4.69) is 0 Å². The molecule has 0 fully saturated rings. The molecule has 3 rings (SSSR count). The van der Waals surface area contributed by atoms with E-state index in [1.807, 2.05) is 55.4 Å². The molecule has 0 saturated heterocycles. The summed E-state index contributed by atoms with van der Waals surface area (Å²) < 4.78 is 24.4. The number of rotatable bonds is 4. The molecule has 0 spiro atoms. The van der Waals surface area contributed by atoms with Crippen molar-refractivity contribution in [2.75, 3.05) is 19.0 Å². The van der Waals surface area contributed by atoms with Crippen molar-refractivity contribution in [3.63, 3.8) is 0 Å². The molecule has 27 heavy (non-hydrogen) atoms. The number of nitrogens with two attached hydrogens (primary N) is 1. The van der Waals surface area contributed by atoms with Crippen molar-refractivity contribution < 1.29 is 8.42 Å². The molecule has 0 heterocycles. The number of anilines is 1. The van der Waals surface area contributed by atoms with Crippen LogP contribution >= 0.6 is 23.2 Å². The zero-order valence-corrected chi connectivity index (χ0v) is 17.1. The molecule has 0 aliphatic rings. The smallest absolute Gasteiger partial charge is 0.238 e. The minimum atomic E-state index is -3.93. The van der Waals surface area contributed by atoms with Gasteiger partial charge in [0.25, 0.3) is 0 Å². The maximum atomic E-state index is 12.2.